The van der Waals surface area contributed by atoms with Crippen molar-refractivity contribution in [1.29, 1.82) is 0 Å². The van der Waals surface area contributed by atoms with Gasteiger partial charge in [-0.15, -0.1) is 0 Å². The Balaban J connectivity index is 1.63. The van der Waals surface area contributed by atoms with Crippen molar-refractivity contribution in [2.75, 3.05) is 19.8 Å². The van der Waals surface area contributed by atoms with Crippen LogP contribution in [0.15, 0.2) is 18.2 Å². The van der Waals surface area contributed by atoms with E-state index in [1.165, 1.54) is 0 Å². The lowest BCUT2D eigenvalue weighted by Gasteiger charge is -2.27. The molecule has 2 aliphatic rings. The number of hydrogen-bond donors (Lipinski definition) is 5. The van der Waals surface area contributed by atoms with Crippen LogP contribution in [0.3, 0.4) is 0 Å². The largest absolute Gasteiger partial charge is 0.508 e. The first-order valence-corrected chi connectivity index (χ1v) is 11.0. The molecule has 1 aliphatic heterocycles. The first kappa shape index (κ1) is 24.2. The third-order valence-corrected chi connectivity index (χ3v) is 6.18. The Labute approximate surface area is 187 Å². The van der Waals surface area contributed by atoms with Gasteiger partial charge in [0.2, 0.25) is 11.8 Å². The Bertz CT molecular complexity index is 866. The summed E-state index contributed by atoms with van der Waals surface area (Å²) in [4.78, 5) is 38.4. The van der Waals surface area contributed by atoms with Gasteiger partial charge in [-0.3, -0.25) is 14.4 Å². The maximum atomic E-state index is 12.8. The lowest BCUT2D eigenvalue weighted by Crippen LogP contribution is -2.56. The second kappa shape index (κ2) is 9.97. The van der Waals surface area contributed by atoms with Crippen molar-refractivity contribution in [3.63, 3.8) is 0 Å². The number of aliphatic hydroxyl groups is 2. The normalized spacial score (nSPS) is 23.7. The number of rotatable bonds is 10. The molecule has 2 amide bonds. The molecular weight excluding hydrogens is 416 g/mol. The van der Waals surface area contributed by atoms with E-state index in [0.29, 0.717) is 25.7 Å². The molecule has 1 heterocycles. The van der Waals surface area contributed by atoms with Gasteiger partial charge in [0.25, 0.3) is 0 Å². The molecule has 32 heavy (non-hydrogen) atoms. The van der Waals surface area contributed by atoms with Gasteiger partial charge in [-0.05, 0) is 48.8 Å². The monoisotopic (exact) mass is 448 g/mol. The number of carbonyl (C=O) groups is 3. The van der Waals surface area contributed by atoms with Crippen molar-refractivity contribution in [1.82, 2.24) is 10.6 Å². The van der Waals surface area contributed by atoms with Crippen LogP contribution in [0.5, 0.6) is 5.75 Å². The highest BCUT2D eigenvalue weighted by molar-refractivity contribution is 5.98. The molecule has 1 aromatic carbocycles. The van der Waals surface area contributed by atoms with E-state index in [1.54, 1.807) is 12.1 Å². The molecule has 0 radical (unpaired) electrons. The number of nitrogens with one attached hydrogen (secondary N) is 2. The number of ether oxygens (including phenoxy) is 1. The fraction of sp³-hybridized carbons (Fsp3) is 0.609. The van der Waals surface area contributed by atoms with Gasteiger partial charge in [0.1, 0.15) is 11.8 Å². The topological polar surface area (TPSA) is 148 Å². The number of Topliss-reactive ketones (excluding diaryl/α,β-unsaturated/α-hetero) is 1. The zero-order valence-corrected chi connectivity index (χ0v) is 18.5. The molecule has 1 aromatic rings. The maximum Gasteiger partial charge on any atom is 0.245 e. The van der Waals surface area contributed by atoms with E-state index in [-0.39, 0.29) is 24.2 Å². The van der Waals surface area contributed by atoms with Gasteiger partial charge in [0, 0.05) is 5.92 Å². The van der Waals surface area contributed by atoms with E-state index in [0.717, 1.165) is 11.1 Å². The number of aliphatic hydroxyl groups excluding tert-OH is 2. The summed E-state index contributed by atoms with van der Waals surface area (Å²) in [5, 5.41) is 34.4. The van der Waals surface area contributed by atoms with Crippen LogP contribution < -0.4 is 10.6 Å². The van der Waals surface area contributed by atoms with Crippen LogP contribution in [0.1, 0.15) is 37.8 Å². The van der Waals surface area contributed by atoms with Gasteiger partial charge in [0.05, 0.1) is 25.9 Å². The highest BCUT2D eigenvalue weighted by Gasteiger charge is 2.54. The summed E-state index contributed by atoms with van der Waals surface area (Å²) in [7, 11) is 0. The molecule has 3 unspecified atom stereocenters. The molecule has 5 N–H and O–H groups in total. The third kappa shape index (κ3) is 5.28. The summed E-state index contributed by atoms with van der Waals surface area (Å²) in [6.07, 6.45) is 1.83. The van der Waals surface area contributed by atoms with Crippen LogP contribution in [-0.4, -0.2) is 70.4 Å². The number of phenols is 1. The van der Waals surface area contributed by atoms with Crippen LogP contribution in [0.25, 0.3) is 0 Å². The zero-order valence-electron chi connectivity index (χ0n) is 18.5. The smallest absolute Gasteiger partial charge is 0.245 e. The summed E-state index contributed by atoms with van der Waals surface area (Å²) in [6.45, 7) is 2.82. The predicted molar refractivity (Wildman–Crippen MR) is 115 cm³/mol. The third-order valence-electron chi connectivity index (χ3n) is 6.18. The number of phenolic OH excluding ortho intramolecular Hbond substituents is 1. The summed E-state index contributed by atoms with van der Waals surface area (Å²) in [5.74, 6) is -1.53. The highest BCUT2D eigenvalue weighted by atomic mass is 16.6. The number of epoxide rings is 1. The molecular formula is C23H32N2O7. The molecule has 9 nitrogen and oxygen atoms in total. The number of carbonyl (C=O) groups excluding carboxylic acids is 3. The molecule has 1 fully saturated rings. The number of aromatic hydroxyl groups is 1. The molecule has 4 atom stereocenters. The van der Waals surface area contributed by atoms with E-state index in [9.17, 15) is 29.7 Å². The van der Waals surface area contributed by atoms with Crippen LogP contribution in [0.4, 0.5) is 0 Å². The Morgan fingerprint density at radius 1 is 1.19 bits per heavy atom. The molecule has 0 aromatic heterocycles. The quantitative estimate of drug-likeness (QED) is 0.312. The molecule has 1 aliphatic carbocycles. The lowest BCUT2D eigenvalue weighted by atomic mass is 9.83. The van der Waals surface area contributed by atoms with E-state index in [4.69, 9.17) is 4.74 Å². The number of benzene rings is 1. The first-order valence-electron chi connectivity index (χ1n) is 11.0. The number of hydrogen-bond acceptors (Lipinski definition) is 7. The minimum absolute atomic E-state index is 0.0830. The van der Waals surface area contributed by atoms with E-state index in [1.807, 2.05) is 19.9 Å². The molecule has 176 valence electrons. The lowest BCUT2D eigenvalue weighted by molar-refractivity contribution is -0.135. The standard InChI is InChI=1S/C23H32N2O7/c1-13(2)8-17(20(29)23(11-27)12-32-23)24-22(31)18(10-26)25-21(30)15-6-7-16-14(9-15)4-3-5-19(16)28/h3-5,13,15,17-18,26-28H,6-12H2,1-2H3,(H,24,31)(H,25,30)/t15?,17?,18-,23?/m0/s1. The molecule has 1 saturated heterocycles. The van der Waals surface area contributed by atoms with Gasteiger partial charge in [-0.2, -0.15) is 0 Å². The van der Waals surface area contributed by atoms with Gasteiger partial charge >= 0.3 is 0 Å². The predicted octanol–water partition coefficient (Wildman–Crippen LogP) is -0.164. The average molecular weight is 449 g/mol. The van der Waals surface area contributed by atoms with Gasteiger partial charge in [-0.25, -0.2) is 0 Å². The Hall–Kier alpha value is -2.49. The number of ketones is 1. The minimum atomic E-state index is -1.27. The van der Waals surface area contributed by atoms with Crippen LogP contribution in [-0.2, 0) is 32.0 Å². The maximum absolute atomic E-state index is 12.8. The van der Waals surface area contributed by atoms with Crippen molar-refractivity contribution >= 4 is 17.6 Å². The van der Waals surface area contributed by atoms with Gasteiger partial charge < -0.3 is 30.7 Å². The molecule has 9 heteroatoms. The van der Waals surface area contributed by atoms with Crippen LogP contribution in [0, 0.1) is 11.8 Å². The Morgan fingerprint density at radius 2 is 1.91 bits per heavy atom. The van der Waals surface area contributed by atoms with E-state index < -0.39 is 48.5 Å². The number of fused-ring (bicyclic) bond motifs is 1. The molecule has 0 spiro atoms. The zero-order chi connectivity index (χ0) is 23.5. The fourth-order valence-electron chi connectivity index (χ4n) is 4.19. The minimum Gasteiger partial charge on any atom is -0.508 e. The van der Waals surface area contributed by atoms with E-state index >= 15 is 0 Å². The Morgan fingerprint density at radius 3 is 2.50 bits per heavy atom. The average Bonchev–Trinajstić information content (AvgIpc) is 3.57. The van der Waals surface area contributed by atoms with Crippen molar-refractivity contribution in [3.8, 4) is 5.75 Å². The van der Waals surface area contributed by atoms with Crippen LogP contribution >= 0.6 is 0 Å². The van der Waals surface area contributed by atoms with Crippen molar-refractivity contribution in [2.24, 2.45) is 11.8 Å². The highest BCUT2D eigenvalue weighted by Crippen LogP contribution is 2.32. The molecule has 0 saturated carbocycles. The number of amides is 2. The van der Waals surface area contributed by atoms with Crippen LogP contribution in [0.2, 0.25) is 0 Å². The molecule has 0 bridgehead atoms. The van der Waals surface area contributed by atoms with E-state index in [2.05, 4.69) is 10.6 Å². The second-order valence-corrected chi connectivity index (χ2v) is 9.09. The summed E-state index contributed by atoms with van der Waals surface area (Å²) in [5.41, 5.74) is 0.456. The summed E-state index contributed by atoms with van der Waals surface area (Å²) < 4.78 is 5.13. The van der Waals surface area contributed by atoms with Crippen molar-refractivity contribution < 1.29 is 34.4 Å². The SMILES string of the molecule is CC(C)CC(NC(=O)[C@H](CO)NC(=O)C1CCc2c(O)cccc2C1)C(=O)C1(CO)CO1. The van der Waals surface area contributed by atoms with Gasteiger partial charge in [-0.1, -0.05) is 26.0 Å². The van der Waals surface area contributed by atoms with Gasteiger partial charge in [0.15, 0.2) is 11.4 Å². The van der Waals surface area contributed by atoms with Crippen molar-refractivity contribution in [2.45, 2.75) is 57.2 Å². The summed E-state index contributed by atoms with van der Waals surface area (Å²) >= 11 is 0. The van der Waals surface area contributed by atoms with Crippen molar-refractivity contribution in [3.05, 3.63) is 29.3 Å². The second-order valence-electron chi connectivity index (χ2n) is 9.09. The fourth-order valence-corrected chi connectivity index (χ4v) is 4.19. The molecule has 3 rings (SSSR count). The first-order chi connectivity index (χ1) is 15.2. The summed E-state index contributed by atoms with van der Waals surface area (Å²) in [6, 6.07) is 3.11. The Kier molecular flexibility index (Phi) is 7.53.